The Labute approximate surface area is 193 Å². The number of fused-ring (bicyclic) bond motifs is 1. The molecule has 1 aromatic carbocycles. The smallest absolute Gasteiger partial charge is 0.326 e. The number of aliphatic imine (C=N–C) groups is 1. The third-order valence-corrected chi connectivity index (χ3v) is 5.46. The molecule has 4 unspecified atom stereocenters. The van der Waals surface area contributed by atoms with E-state index in [1.165, 1.54) is 17.0 Å². The minimum Gasteiger partial charge on any atom is -0.481 e. The Kier molecular flexibility index (Phi) is 7.63. The van der Waals surface area contributed by atoms with E-state index in [1.54, 1.807) is 12.1 Å². The summed E-state index contributed by atoms with van der Waals surface area (Å²) >= 11 is 0. The maximum Gasteiger partial charge on any atom is 0.326 e. The van der Waals surface area contributed by atoms with Crippen LogP contribution in [0.3, 0.4) is 0 Å². The number of hydrogen-bond donors (Lipinski definition) is 7. The lowest BCUT2D eigenvalue weighted by Crippen LogP contribution is -2.70. The highest BCUT2D eigenvalue weighted by Gasteiger charge is 2.43. The van der Waals surface area contributed by atoms with Crippen LogP contribution in [-0.2, 0) is 19.2 Å². The van der Waals surface area contributed by atoms with Crippen LogP contribution in [0.25, 0.3) is 0 Å². The number of amides is 3. The van der Waals surface area contributed by atoms with Crippen molar-refractivity contribution in [1.82, 2.24) is 20.9 Å². The first-order valence-electron chi connectivity index (χ1n) is 10.4. The second-order valence-electron chi connectivity index (χ2n) is 7.76. The summed E-state index contributed by atoms with van der Waals surface area (Å²) in [6, 6.07) is 3.64. The molecular weight excluding hydrogens is 450 g/mol. The van der Waals surface area contributed by atoms with E-state index in [2.05, 4.69) is 26.3 Å². The fourth-order valence-corrected chi connectivity index (χ4v) is 3.71. The summed E-state index contributed by atoms with van der Waals surface area (Å²) in [6.45, 7) is 0.660. The van der Waals surface area contributed by atoms with Crippen molar-refractivity contribution in [2.45, 2.75) is 37.1 Å². The number of nitrogens with one attached hydrogen (secondary N) is 4. The van der Waals surface area contributed by atoms with E-state index < -0.39 is 48.4 Å². The summed E-state index contributed by atoms with van der Waals surface area (Å²) in [5.41, 5.74) is 6.39. The molecule has 8 N–H and O–H groups in total. The molecule has 0 spiro atoms. The SMILES string of the molecule is NC1=NC2NCC(CNc3ccc(C(=O)NC(CCC(=O)O)C(=O)O)cc3)N(C=O)C2C(=O)N1. The van der Waals surface area contributed by atoms with Gasteiger partial charge in [-0.05, 0) is 30.7 Å². The summed E-state index contributed by atoms with van der Waals surface area (Å²) in [7, 11) is 0. The van der Waals surface area contributed by atoms with Crippen LogP contribution >= 0.6 is 0 Å². The van der Waals surface area contributed by atoms with E-state index in [9.17, 15) is 29.1 Å². The molecule has 1 fully saturated rings. The number of aliphatic carboxylic acids is 2. The van der Waals surface area contributed by atoms with Crippen molar-refractivity contribution in [1.29, 1.82) is 0 Å². The van der Waals surface area contributed by atoms with Gasteiger partial charge >= 0.3 is 11.9 Å². The van der Waals surface area contributed by atoms with Crippen LogP contribution in [0.5, 0.6) is 0 Å². The topological polar surface area (TPSA) is 216 Å². The van der Waals surface area contributed by atoms with E-state index >= 15 is 0 Å². The molecule has 1 aromatic rings. The van der Waals surface area contributed by atoms with Gasteiger partial charge in [-0.3, -0.25) is 29.8 Å². The lowest BCUT2D eigenvalue weighted by molar-refractivity contribution is -0.140. The molecule has 14 nitrogen and oxygen atoms in total. The molecule has 14 heteroatoms. The zero-order chi connectivity index (χ0) is 24.8. The monoisotopic (exact) mass is 475 g/mol. The third kappa shape index (κ3) is 5.78. The van der Waals surface area contributed by atoms with Gasteiger partial charge in [-0.1, -0.05) is 0 Å². The normalized spacial score (nSPS) is 22.5. The average molecular weight is 475 g/mol. The van der Waals surface area contributed by atoms with Crippen molar-refractivity contribution in [3.8, 4) is 0 Å². The Morgan fingerprint density at radius 1 is 1.26 bits per heavy atom. The molecule has 0 bridgehead atoms. The number of benzene rings is 1. The Balaban J connectivity index is 1.58. The van der Waals surface area contributed by atoms with Gasteiger partial charge in [0, 0.05) is 30.8 Å². The second kappa shape index (κ2) is 10.6. The highest BCUT2D eigenvalue weighted by Crippen LogP contribution is 2.18. The van der Waals surface area contributed by atoms with Crippen molar-refractivity contribution < 1.29 is 34.2 Å². The van der Waals surface area contributed by atoms with Gasteiger partial charge in [0.1, 0.15) is 18.2 Å². The van der Waals surface area contributed by atoms with E-state index in [-0.39, 0.29) is 24.0 Å². The molecule has 1 saturated heterocycles. The number of piperazine rings is 1. The van der Waals surface area contributed by atoms with Gasteiger partial charge in [-0.2, -0.15) is 0 Å². The molecule has 3 amide bonds. The van der Waals surface area contributed by atoms with Gasteiger partial charge in [0.05, 0.1) is 6.04 Å². The van der Waals surface area contributed by atoms with Crippen molar-refractivity contribution in [3.05, 3.63) is 29.8 Å². The van der Waals surface area contributed by atoms with Crippen molar-refractivity contribution in [2.75, 3.05) is 18.4 Å². The predicted molar refractivity (Wildman–Crippen MR) is 118 cm³/mol. The van der Waals surface area contributed by atoms with Gasteiger partial charge in [-0.25, -0.2) is 9.79 Å². The van der Waals surface area contributed by atoms with Gasteiger partial charge in [-0.15, -0.1) is 0 Å². The number of rotatable bonds is 10. The third-order valence-electron chi connectivity index (χ3n) is 5.46. The van der Waals surface area contributed by atoms with E-state index in [4.69, 9.17) is 10.8 Å². The maximum absolute atomic E-state index is 12.3. The molecule has 182 valence electrons. The first-order chi connectivity index (χ1) is 16.2. The average Bonchev–Trinajstić information content (AvgIpc) is 2.79. The second-order valence-corrected chi connectivity index (χ2v) is 7.76. The van der Waals surface area contributed by atoms with Crippen LogP contribution in [0, 0.1) is 0 Å². The summed E-state index contributed by atoms with van der Waals surface area (Å²) in [5, 5.41) is 28.8. The molecule has 0 radical (unpaired) electrons. The maximum atomic E-state index is 12.3. The van der Waals surface area contributed by atoms with Crippen LogP contribution < -0.4 is 27.0 Å². The van der Waals surface area contributed by atoms with Crippen molar-refractivity contribution in [3.63, 3.8) is 0 Å². The number of nitrogens with zero attached hydrogens (tertiary/aromatic N) is 2. The Bertz CT molecular complexity index is 997. The number of nitrogens with two attached hydrogens (primary N) is 1. The molecule has 3 rings (SSSR count). The predicted octanol–water partition coefficient (Wildman–Crippen LogP) is -2.28. The molecule has 2 heterocycles. The molecule has 4 atom stereocenters. The Hall–Kier alpha value is -4.20. The molecule has 0 saturated carbocycles. The summed E-state index contributed by atoms with van der Waals surface area (Å²) in [5.74, 6) is -3.58. The fraction of sp³-hybridized carbons (Fsp3) is 0.400. The molecule has 2 aliphatic rings. The summed E-state index contributed by atoms with van der Waals surface area (Å²) in [6.07, 6.45) is -0.663. The number of carboxylic acid groups (broad SMARTS) is 2. The highest BCUT2D eigenvalue weighted by molar-refractivity contribution is 6.02. The number of hydrogen-bond acceptors (Lipinski definition) is 9. The first kappa shape index (κ1) is 24.4. The van der Waals surface area contributed by atoms with Gasteiger partial charge in [0.15, 0.2) is 5.96 Å². The minimum atomic E-state index is -1.32. The fourth-order valence-electron chi connectivity index (χ4n) is 3.71. The summed E-state index contributed by atoms with van der Waals surface area (Å²) in [4.78, 5) is 63.7. The standard InChI is InChI=1S/C20H25N7O7/c21-20-25-16-15(18(32)26-20)27(9-28)12(8-23-16)7-22-11-3-1-10(2-4-11)17(31)24-13(19(33)34)5-6-14(29)30/h1-4,9,12-13,15-16,22-23H,5-8H2,(H,24,31)(H,29,30)(H,33,34)(H3,21,25,26,32). The summed E-state index contributed by atoms with van der Waals surface area (Å²) < 4.78 is 0. The molecular formula is C20H25N7O7. The van der Waals surface area contributed by atoms with E-state index in [0.29, 0.717) is 25.2 Å². The number of anilines is 1. The Morgan fingerprint density at radius 3 is 2.59 bits per heavy atom. The minimum absolute atomic E-state index is 0.0122. The lowest BCUT2D eigenvalue weighted by atomic mass is 10.0. The number of carbonyl (C=O) groups excluding carboxylic acids is 3. The molecule has 34 heavy (non-hydrogen) atoms. The van der Waals surface area contributed by atoms with Crippen LogP contribution in [0.15, 0.2) is 29.3 Å². The largest absolute Gasteiger partial charge is 0.481 e. The zero-order valence-electron chi connectivity index (χ0n) is 17.9. The number of guanidine groups is 1. The van der Waals surface area contributed by atoms with Crippen LogP contribution in [0.2, 0.25) is 0 Å². The van der Waals surface area contributed by atoms with Gasteiger partial charge in [0.25, 0.3) is 11.8 Å². The van der Waals surface area contributed by atoms with E-state index in [1.807, 2.05) is 0 Å². The van der Waals surface area contributed by atoms with Crippen LogP contribution in [0.1, 0.15) is 23.2 Å². The van der Waals surface area contributed by atoms with Crippen LogP contribution in [0.4, 0.5) is 5.69 Å². The first-order valence-corrected chi connectivity index (χ1v) is 10.4. The number of carboxylic acids is 2. The number of carbonyl (C=O) groups is 5. The Morgan fingerprint density at radius 2 is 1.97 bits per heavy atom. The molecule has 2 aliphatic heterocycles. The van der Waals surface area contributed by atoms with Crippen LogP contribution in [-0.4, -0.2) is 88.6 Å². The van der Waals surface area contributed by atoms with Gasteiger partial charge < -0.3 is 31.5 Å². The highest BCUT2D eigenvalue weighted by atomic mass is 16.4. The van der Waals surface area contributed by atoms with Gasteiger partial charge in [0.2, 0.25) is 6.41 Å². The van der Waals surface area contributed by atoms with Crippen molar-refractivity contribution >= 4 is 41.8 Å². The lowest BCUT2D eigenvalue weighted by Gasteiger charge is -2.44. The molecule has 0 aromatic heterocycles. The molecule has 0 aliphatic carbocycles. The quantitative estimate of drug-likeness (QED) is 0.180. The zero-order valence-corrected chi connectivity index (χ0v) is 17.9. The van der Waals surface area contributed by atoms with E-state index in [0.717, 1.165) is 0 Å². The van der Waals surface area contributed by atoms with Crippen molar-refractivity contribution in [2.24, 2.45) is 10.7 Å².